The second-order valence-electron chi connectivity index (χ2n) is 16.2. The molecule has 2 unspecified atom stereocenters. The molecule has 1 fully saturated rings. The van der Waals surface area contributed by atoms with Gasteiger partial charge >= 0.3 is 0 Å². The summed E-state index contributed by atoms with van der Waals surface area (Å²) in [6.45, 7) is 9.32. The van der Waals surface area contributed by atoms with Crippen LogP contribution in [0.15, 0.2) is 170 Å². The molecule has 3 N–H and O–H groups in total. The number of rotatable bonds is 5. The molecule has 0 radical (unpaired) electrons. The van der Waals surface area contributed by atoms with Crippen LogP contribution in [0, 0.1) is 0 Å². The first-order valence-electron chi connectivity index (χ1n) is 19.7. The maximum absolute atomic E-state index is 5.56. The molecule has 0 aliphatic carbocycles. The van der Waals surface area contributed by atoms with Gasteiger partial charge in [-0.25, -0.2) is 4.98 Å². The van der Waals surface area contributed by atoms with Crippen LogP contribution >= 0.6 is 0 Å². The maximum Gasteiger partial charge on any atom is 0.143 e. The Kier molecular flexibility index (Phi) is 8.19. The molecule has 1 aromatic heterocycles. The van der Waals surface area contributed by atoms with Gasteiger partial charge in [-0.3, -0.25) is 20.9 Å². The van der Waals surface area contributed by atoms with Crippen molar-refractivity contribution < 1.29 is 0 Å². The van der Waals surface area contributed by atoms with Crippen LogP contribution in [-0.4, -0.2) is 4.98 Å². The number of hydrogen-bond donors (Lipinski definition) is 3. The molecular weight excluding hydrogens is 685 g/mol. The normalized spacial score (nSPS) is 20.3. The Morgan fingerprint density at radius 1 is 0.429 bits per heavy atom. The van der Waals surface area contributed by atoms with Crippen LogP contribution in [-0.2, 0) is 10.8 Å². The van der Waals surface area contributed by atoms with E-state index in [2.05, 4.69) is 223 Å². The van der Waals surface area contributed by atoms with E-state index in [0.717, 1.165) is 28.4 Å². The fraction of sp³-hybridized carbons (Fsp3) is 0.180. The van der Waals surface area contributed by atoms with Crippen molar-refractivity contribution >= 4 is 34.3 Å². The van der Waals surface area contributed by atoms with Crippen LogP contribution in [0.5, 0.6) is 0 Å². The van der Waals surface area contributed by atoms with Gasteiger partial charge in [0.1, 0.15) is 5.82 Å². The fourth-order valence-corrected chi connectivity index (χ4v) is 9.33. The zero-order chi connectivity index (χ0) is 38.0. The Bertz CT molecular complexity index is 2420. The molecule has 6 aromatic carbocycles. The Hall–Kier alpha value is -6.05. The molecule has 6 heteroatoms. The third kappa shape index (κ3) is 5.47. The van der Waals surface area contributed by atoms with E-state index in [9.17, 15) is 0 Å². The van der Waals surface area contributed by atoms with Crippen molar-refractivity contribution in [3.05, 3.63) is 209 Å². The third-order valence-electron chi connectivity index (χ3n) is 12.2. The molecule has 0 bridgehead atoms. The molecule has 6 nitrogen and oxygen atoms in total. The van der Waals surface area contributed by atoms with Crippen LogP contribution in [0.2, 0.25) is 0 Å². The lowest BCUT2D eigenvalue weighted by molar-refractivity contribution is 0.203. The molecule has 0 spiro atoms. The second-order valence-corrected chi connectivity index (χ2v) is 16.2. The lowest BCUT2D eigenvalue weighted by Crippen LogP contribution is -2.54. The number of benzene rings is 6. The van der Waals surface area contributed by atoms with Crippen molar-refractivity contribution in [2.24, 2.45) is 0 Å². The van der Waals surface area contributed by atoms with E-state index in [4.69, 9.17) is 4.98 Å². The Morgan fingerprint density at radius 3 is 1.21 bits per heavy atom. The highest BCUT2D eigenvalue weighted by molar-refractivity contribution is 5.89. The van der Waals surface area contributed by atoms with E-state index in [1.165, 1.54) is 44.8 Å². The first-order chi connectivity index (χ1) is 27.3. The number of nitrogens with one attached hydrogen (secondary N) is 3. The van der Waals surface area contributed by atoms with E-state index in [1.54, 1.807) is 0 Å². The molecule has 56 heavy (non-hydrogen) atoms. The molecule has 3 aliphatic heterocycles. The van der Waals surface area contributed by atoms with Crippen LogP contribution in [0.25, 0.3) is 0 Å². The van der Waals surface area contributed by atoms with Gasteiger partial charge in [-0.15, -0.1) is 0 Å². The number of fused-ring (bicyclic) bond motifs is 4. The lowest BCUT2D eigenvalue weighted by Gasteiger charge is -2.45. The molecule has 4 heterocycles. The van der Waals surface area contributed by atoms with Gasteiger partial charge in [0.05, 0.1) is 53.1 Å². The Morgan fingerprint density at radius 2 is 0.786 bits per heavy atom. The smallest absolute Gasteiger partial charge is 0.143 e. The fourth-order valence-electron chi connectivity index (χ4n) is 9.33. The molecule has 0 saturated carbocycles. The summed E-state index contributed by atoms with van der Waals surface area (Å²) in [5.74, 6) is 0.883. The second kappa shape index (κ2) is 13.3. The van der Waals surface area contributed by atoms with Gasteiger partial charge in [0.15, 0.2) is 0 Å². The summed E-state index contributed by atoms with van der Waals surface area (Å²) < 4.78 is 0. The lowest BCUT2D eigenvalue weighted by atomic mass is 9.73. The molecule has 7 aromatic rings. The van der Waals surface area contributed by atoms with Crippen LogP contribution in [0.3, 0.4) is 0 Å². The Balaban J connectivity index is 1.21. The van der Waals surface area contributed by atoms with Gasteiger partial charge in [-0.1, -0.05) is 161 Å². The van der Waals surface area contributed by atoms with Crippen molar-refractivity contribution in [1.29, 1.82) is 0 Å². The predicted octanol–water partition coefficient (Wildman–Crippen LogP) is 11.5. The van der Waals surface area contributed by atoms with Crippen molar-refractivity contribution in [2.75, 3.05) is 9.80 Å². The minimum atomic E-state index is -0.296. The predicted molar refractivity (Wildman–Crippen MR) is 228 cm³/mol. The summed E-state index contributed by atoms with van der Waals surface area (Å²) in [5.41, 5.74) is 13.8. The molecular formula is C50H46N6. The van der Waals surface area contributed by atoms with E-state index in [1.807, 2.05) is 0 Å². The summed E-state index contributed by atoms with van der Waals surface area (Å²) in [5, 5.41) is 11.9. The van der Waals surface area contributed by atoms with Crippen molar-refractivity contribution in [3.63, 3.8) is 0 Å². The van der Waals surface area contributed by atoms with Gasteiger partial charge in [-0.05, 0) is 63.7 Å². The summed E-state index contributed by atoms with van der Waals surface area (Å²) in [6.07, 6.45) is 1.50. The largest absolute Gasteiger partial charge is 0.308 e. The van der Waals surface area contributed by atoms with Crippen molar-refractivity contribution in [2.45, 2.75) is 57.0 Å². The maximum atomic E-state index is 5.56. The van der Waals surface area contributed by atoms with E-state index in [0.29, 0.717) is 0 Å². The van der Waals surface area contributed by atoms with Gasteiger partial charge in [0.2, 0.25) is 0 Å². The van der Waals surface area contributed by atoms with Gasteiger partial charge in [0, 0.05) is 16.4 Å². The Labute approximate surface area is 329 Å². The molecule has 10 rings (SSSR count). The average Bonchev–Trinajstić information content (AvgIpc) is 3.25. The third-order valence-corrected chi connectivity index (χ3v) is 12.2. The van der Waals surface area contributed by atoms with Crippen molar-refractivity contribution in [1.82, 2.24) is 20.9 Å². The van der Waals surface area contributed by atoms with E-state index in [-0.39, 0.29) is 29.3 Å². The number of hydrogen-bond acceptors (Lipinski definition) is 6. The highest BCUT2D eigenvalue weighted by atomic mass is 15.4. The molecule has 2 atom stereocenters. The minimum absolute atomic E-state index is 0.138. The van der Waals surface area contributed by atoms with Gasteiger partial charge < -0.3 is 4.90 Å². The average molecular weight is 731 g/mol. The SMILES string of the molecule is CC1(C)c2ccccc2N(c2cnc(N3c4ccccc4C(C)(C)c4ccccc43)c(C3NC(c4ccccc4)NC(c4ccccc4)N3)c2)c2ccccc21. The number of para-hydroxylation sites is 4. The summed E-state index contributed by atoms with van der Waals surface area (Å²) >= 11 is 0. The first-order valence-corrected chi connectivity index (χ1v) is 19.7. The van der Waals surface area contributed by atoms with Crippen LogP contribution < -0.4 is 25.8 Å². The molecule has 0 amide bonds. The highest BCUT2D eigenvalue weighted by Gasteiger charge is 2.41. The van der Waals surface area contributed by atoms with Crippen LogP contribution in [0.1, 0.15) is 85.1 Å². The number of anilines is 6. The minimum Gasteiger partial charge on any atom is -0.308 e. The van der Waals surface area contributed by atoms with Gasteiger partial charge in [0.25, 0.3) is 0 Å². The molecule has 3 aliphatic rings. The standard InChI is InChI=1S/C50H46N6/c1-49(2)37-23-11-15-27-41(37)55(42-28-16-12-24-38(42)49)35-31-36(47-53-45(33-19-7-5-8-20-33)52-46(54-47)34-21-9-6-10-22-34)48(51-32-35)56-43-29-17-13-25-39(43)50(3,4)40-26-14-18-30-44(40)56/h5-32,45-47,52-54H,1-4H3. The van der Waals surface area contributed by atoms with Crippen molar-refractivity contribution in [3.8, 4) is 0 Å². The monoisotopic (exact) mass is 730 g/mol. The highest BCUT2D eigenvalue weighted by Crippen LogP contribution is 2.55. The van der Waals surface area contributed by atoms with Crippen LogP contribution in [0.4, 0.5) is 34.3 Å². The van der Waals surface area contributed by atoms with E-state index < -0.39 is 0 Å². The zero-order valence-electron chi connectivity index (χ0n) is 32.2. The zero-order valence-corrected chi connectivity index (χ0v) is 32.2. The summed E-state index contributed by atoms with van der Waals surface area (Å²) in [6, 6.07) is 59.0. The number of pyridine rings is 1. The van der Waals surface area contributed by atoms with E-state index >= 15 is 0 Å². The van der Waals surface area contributed by atoms with Gasteiger partial charge in [-0.2, -0.15) is 0 Å². The number of aromatic nitrogens is 1. The first kappa shape index (κ1) is 34.4. The number of nitrogens with zero attached hydrogens (tertiary/aromatic N) is 3. The molecule has 1 saturated heterocycles. The topological polar surface area (TPSA) is 55.5 Å². The quantitative estimate of drug-likeness (QED) is 0.164. The molecule has 276 valence electrons. The summed E-state index contributed by atoms with van der Waals surface area (Å²) in [7, 11) is 0. The summed E-state index contributed by atoms with van der Waals surface area (Å²) in [4.78, 5) is 10.4.